The Morgan fingerprint density at radius 1 is 1.37 bits per heavy atom. The molecule has 0 saturated heterocycles. The van der Waals surface area contributed by atoms with Crippen LogP contribution in [0.25, 0.3) is 0 Å². The molecular weight excluding hydrogens is 234 g/mol. The minimum atomic E-state index is 0.428. The molecule has 2 heteroatoms. The molecule has 2 nitrogen and oxygen atoms in total. The van der Waals surface area contributed by atoms with Gasteiger partial charge in [-0.05, 0) is 50.9 Å². The monoisotopic (exact) mass is 259 g/mol. The van der Waals surface area contributed by atoms with Gasteiger partial charge in [-0.25, -0.2) is 0 Å². The molecule has 0 spiro atoms. The van der Waals surface area contributed by atoms with Crippen molar-refractivity contribution >= 4 is 0 Å². The minimum Gasteiger partial charge on any atom is -0.494 e. The van der Waals surface area contributed by atoms with Crippen molar-refractivity contribution in [2.75, 3.05) is 13.2 Å². The summed E-state index contributed by atoms with van der Waals surface area (Å²) in [6.45, 7) is 7.92. The van der Waals surface area contributed by atoms with Crippen molar-refractivity contribution in [1.82, 2.24) is 5.32 Å². The van der Waals surface area contributed by atoms with Crippen LogP contribution in [0.1, 0.15) is 38.7 Å². The third-order valence-corrected chi connectivity index (χ3v) is 2.93. The van der Waals surface area contributed by atoms with Gasteiger partial charge in [0.2, 0.25) is 0 Å². The van der Waals surface area contributed by atoms with E-state index in [0.717, 1.165) is 38.2 Å². The standard InChI is InChI=1S/C17H25NO/c1-4-6-9-16(18-12-5-2)11-13-19-17-10-7-8-15(3)14-17/h7-8,10,14,16,18H,5,9,11-13H2,1-3H3. The molecule has 0 fully saturated rings. The number of benzene rings is 1. The number of aryl methyl sites for hydroxylation is 1. The molecule has 0 amide bonds. The number of rotatable bonds is 8. The molecule has 0 aromatic heterocycles. The van der Waals surface area contributed by atoms with Gasteiger partial charge >= 0.3 is 0 Å². The molecule has 0 aliphatic heterocycles. The van der Waals surface area contributed by atoms with Crippen LogP contribution in [0.15, 0.2) is 24.3 Å². The predicted octanol–water partition coefficient (Wildman–Crippen LogP) is 3.55. The van der Waals surface area contributed by atoms with Crippen LogP contribution >= 0.6 is 0 Å². The fraction of sp³-hybridized carbons (Fsp3) is 0.529. The minimum absolute atomic E-state index is 0.428. The fourth-order valence-corrected chi connectivity index (χ4v) is 1.87. The summed E-state index contributed by atoms with van der Waals surface area (Å²) in [7, 11) is 0. The van der Waals surface area contributed by atoms with Crippen LogP contribution in [0.3, 0.4) is 0 Å². The van der Waals surface area contributed by atoms with Crippen LogP contribution in [0.2, 0.25) is 0 Å². The molecule has 0 radical (unpaired) electrons. The lowest BCUT2D eigenvalue weighted by molar-refractivity contribution is 0.286. The maximum Gasteiger partial charge on any atom is 0.119 e. The molecule has 1 rings (SSSR count). The Bertz CT molecular complexity index is 417. The topological polar surface area (TPSA) is 21.3 Å². The highest BCUT2D eigenvalue weighted by Crippen LogP contribution is 2.13. The maximum atomic E-state index is 5.79. The van der Waals surface area contributed by atoms with Gasteiger partial charge in [-0.2, -0.15) is 0 Å². The predicted molar refractivity (Wildman–Crippen MR) is 81.4 cm³/mol. The smallest absolute Gasteiger partial charge is 0.119 e. The third-order valence-electron chi connectivity index (χ3n) is 2.93. The van der Waals surface area contributed by atoms with E-state index in [9.17, 15) is 0 Å². The second-order valence-electron chi connectivity index (χ2n) is 4.74. The average Bonchev–Trinajstić information content (AvgIpc) is 2.41. The summed E-state index contributed by atoms with van der Waals surface area (Å²) in [6, 6.07) is 8.61. The first-order valence-corrected chi connectivity index (χ1v) is 7.08. The second-order valence-corrected chi connectivity index (χ2v) is 4.74. The molecule has 1 atom stereocenters. The summed E-state index contributed by atoms with van der Waals surface area (Å²) in [5, 5.41) is 3.52. The molecule has 1 aromatic carbocycles. The summed E-state index contributed by atoms with van der Waals surface area (Å²) < 4.78 is 5.79. The molecular formula is C17H25NO. The van der Waals surface area contributed by atoms with E-state index in [1.807, 2.05) is 19.1 Å². The summed E-state index contributed by atoms with van der Waals surface area (Å²) in [6.07, 6.45) is 3.03. The molecule has 104 valence electrons. The Kier molecular flexibility index (Phi) is 7.77. The summed E-state index contributed by atoms with van der Waals surface area (Å²) in [5.41, 5.74) is 1.23. The molecule has 0 saturated carbocycles. The number of ether oxygens (including phenoxy) is 1. The van der Waals surface area contributed by atoms with Crippen molar-refractivity contribution in [1.29, 1.82) is 0 Å². The molecule has 0 bridgehead atoms. The van der Waals surface area contributed by atoms with E-state index in [4.69, 9.17) is 4.74 Å². The zero-order valence-corrected chi connectivity index (χ0v) is 12.3. The van der Waals surface area contributed by atoms with Crippen molar-refractivity contribution in [2.45, 2.75) is 46.1 Å². The van der Waals surface area contributed by atoms with Crippen LogP contribution in [0.4, 0.5) is 0 Å². The normalized spacial score (nSPS) is 11.5. The number of hydrogen-bond donors (Lipinski definition) is 1. The van der Waals surface area contributed by atoms with E-state index in [1.165, 1.54) is 5.56 Å². The van der Waals surface area contributed by atoms with Crippen molar-refractivity contribution in [3.05, 3.63) is 29.8 Å². The molecule has 19 heavy (non-hydrogen) atoms. The van der Waals surface area contributed by atoms with Gasteiger partial charge in [0, 0.05) is 12.5 Å². The van der Waals surface area contributed by atoms with Gasteiger partial charge in [0.25, 0.3) is 0 Å². The van der Waals surface area contributed by atoms with Crippen LogP contribution < -0.4 is 10.1 Å². The van der Waals surface area contributed by atoms with E-state index >= 15 is 0 Å². The van der Waals surface area contributed by atoms with E-state index in [2.05, 4.69) is 43.1 Å². The van der Waals surface area contributed by atoms with Gasteiger partial charge < -0.3 is 10.1 Å². The Balaban J connectivity index is 2.35. The molecule has 1 unspecified atom stereocenters. The molecule has 0 aliphatic rings. The third kappa shape index (κ3) is 6.88. The quantitative estimate of drug-likeness (QED) is 0.721. The van der Waals surface area contributed by atoms with E-state index in [0.29, 0.717) is 6.04 Å². The maximum absolute atomic E-state index is 5.79. The molecule has 0 heterocycles. The van der Waals surface area contributed by atoms with Gasteiger partial charge in [-0.1, -0.05) is 19.1 Å². The van der Waals surface area contributed by atoms with E-state index < -0.39 is 0 Å². The van der Waals surface area contributed by atoms with Crippen molar-refractivity contribution < 1.29 is 4.74 Å². The van der Waals surface area contributed by atoms with Gasteiger partial charge in [-0.3, -0.25) is 0 Å². The van der Waals surface area contributed by atoms with E-state index in [-0.39, 0.29) is 0 Å². The molecule has 1 aromatic rings. The Morgan fingerprint density at radius 3 is 2.89 bits per heavy atom. The van der Waals surface area contributed by atoms with E-state index in [1.54, 1.807) is 0 Å². The highest BCUT2D eigenvalue weighted by molar-refractivity contribution is 5.27. The first-order chi connectivity index (χ1) is 9.26. The lowest BCUT2D eigenvalue weighted by Crippen LogP contribution is -2.31. The lowest BCUT2D eigenvalue weighted by atomic mass is 10.1. The van der Waals surface area contributed by atoms with Crippen molar-refractivity contribution in [3.8, 4) is 17.6 Å². The van der Waals surface area contributed by atoms with Crippen LogP contribution in [-0.4, -0.2) is 19.2 Å². The molecule has 0 aliphatic carbocycles. The lowest BCUT2D eigenvalue weighted by Gasteiger charge is -2.16. The summed E-state index contributed by atoms with van der Waals surface area (Å²) in [5.74, 6) is 7.06. The number of hydrogen-bond acceptors (Lipinski definition) is 2. The van der Waals surface area contributed by atoms with Crippen molar-refractivity contribution in [3.63, 3.8) is 0 Å². The fourth-order valence-electron chi connectivity index (χ4n) is 1.87. The highest BCUT2D eigenvalue weighted by atomic mass is 16.5. The first-order valence-electron chi connectivity index (χ1n) is 7.08. The van der Waals surface area contributed by atoms with Gasteiger partial charge in [0.05, 0.1) is 6.61 Å². The van der Waals surface area contributed by atoms with Crippen LogP contribution in [0.5, 0.6) is 5.75 Å². The highest BCUT2D eigenvalue weighted by Gasteiger charge is 2.06. The van der Waals surface area contributed by atoms with Crippen LogP contribution in [-0.2, 0) is 0 Å². The number of nitrogens with one attached hydrogen (secondary N) is 1. The zero-order chi connectivity index (χ0) is 13.9. The van der Waals surface area contributed by atoms with Crippen molar-refractivity contribution in [2.24, 2.45) is 0 Å². The summed E-state index contributed by atoms with van der Waals surface area (Å²) in [4.78, 5) is 0. The second kappa shape index (κ2) is 9.47. The Labute approximate surface area is 117 Å². The van der Waals surface area contributed by atoms with Gasteiger partial charge in [-0.15, -0.1) is 11.8 Å². The Morgan fingerprint density at radius 2 is 2.21 bits per heavy atom. The zero-order valence-electron chi connectivity index (χ0n) is 12.3. The van der Waals surface area contributed by atoms with Gasteiger partial charge in [0.1, 0.15) is 5.75 Å². The van der Waals surface area contributed by atoms with Gasteiger partial charge in [0.15, 0.2) is 0 Å². The molecule has 1 N–H and O–H groups in total. The largest absolute Gasteiger partial charge is 0.494 e. The first kappa shape index (κ1) is 15.6. The average molecular weight is 259 g/mol. The summed E-state index contributed by atoms with van der Waals surface area (Å²) >= 11 is 0. The Hall–Kier alpha value is -1.46. The van der Waals surface area contributed by atoms with Crippen LogP contribution in [0, 0.1) is 18.8 Å². The SMILES string of the molecule is CC#CCC(CCOc1cccc(C)c1)NCCC.